The van der Waals surface area contributed by atoms with E-state index < -0.39 is 28.3 Å². The maximum Gasteiger partial charge on any atom is 0.314 e. The minimum absolute atomic E-state index is 0.124. The lowest BCUT2D eigenvalue weighted by atomic mass is 10.0. The Morgan fingerprint density at radius 1 is 1.33 bits per heavy atom. The number of nitrogens with two attached hydrogens (primary N) is 1. The molecular formula is C12H14F2N4O3. The Balaban J connectivity index is 2.08. The lowest BCUT2D eigenvalue weighted by Gasteiger charge is -2.31. The van der Waals surface area contributed by atoms with E-state index in [0.717, 1.165) is 6.07 Å². The van der Waals surface area contributed by atoms with Crippen LogP contribution in [-0.2, 0) is 0 Å². The minimum Gasteiger partial charge on any atom is -0.380 e. The molecular weight excluding hydrogens is 286 g/mol. The largest absolute Gasteiger partial charge is 0.380 e. The molecule has 21 heavy (non-hydrogen) atoms. The Kier molecular flexibility index (Phi) is 4.20. The van der Waals surface area contributed by atoms with Crippen molar-refractivity contribution in [1.29, 1.82) is 0 Å². The van der Waals surface area contributed by atoms with Gasteiger partial charge in [0.15, 0.2) is 0 Å². The van der Waals surface area contributed by atoms with Crippen LogP contribution in [0.25, 0.3) is 0 Å². The number of nitrogens with one attached hydrogen (secondary N) is 1. The zero-order valence-corrected chi connectivity index (χ0v) is 11.0. The van der Waals surface area contributed by atoms with Crippen LogP contribution in [-0.4, -0.2) is 35.0 Å². The molecule has 1 aliphatic heterocycles. The quantitative estimate of drug-likeness (QED) is 0.656. The molecule has 3 N–H and O–H groups in total. The van der Waals surface area contributed by atoms with Crippen LogP contribution in [0.15, 0.2) is 12.1 Å². The third kappa shape index (κ3) is 3.36. The summed E-state index contributed by atoms with van der Waals surface area (Å²) in [6.07, 6.45) is 1.04. The molecule has 0 bridgehead atoms. The van der Waals surface area contributed by atoms with Gasteiger partial charge in [-0.2, -0.15) is 4.39 Å². The monoisotopic (exact) mass is 300 g/mol. The highest BCUT2D eigenvalue weighted by Gasteiger charge is 2.24. The molecule has 2 rings (SSSR count). The van der Waals surface area contributed by atoms with Crippen LogP contribution in [0.5, 0.6) is 0 Å². The van der Waals surface area contributed by atoms with E-state index in [2.05, 4.69) is 5.32 Å². The summed E-state index contributed by atoms with van der Waals surface area (Å²) >= 11 is 0. The van der Waals surface area contributed by atoms with E-state index in [4.69, 9.17) is 5.73 Å². The second-order valence-electron chi connectivity index (χ2n) is 4.78. The van der Waals surface area contributed by atoms with Gasteiger partial charge in [-0.1, -0.05) is 0 Å². The summed E-state index contributed by atoms with van der Waals surface area (Å²) in [5, 5.41) is 13.5. The van der Waals surface area contributed by atoms with Crippen molar-refractivity contribution in [2.75, 3.05) is 18.4 Å². The van der Waals surface area contributed by atoms with E-state index in [9.17, 15) is 23.7 Å². The second-order valence-corrected chi connectivity index (χ2v) is 4.78. The van der Waals surface area contributed by atoms with Crippen molar-refractivity contribution in [3.05, 3.63) is 33.9 Å². The Labute approximate surface area is 118 Å². The summed E-state index contributed by atoms with van der Waals surface area (Å²) in [7, 11) is 0. The SMILES string of the molecule is NC(=O)N1CCC(Nc2cc([N+](=O)[O-])c(F)cc2F)CC1. The van der Waals surface area contributed by atoms with Gasteiger partial charge in [-0.3, -0.25) is 10.1 Å². The van der Waals surface area contributed by atoms with Crippen molar-refractivity contribution in [3.63, 3.8) is 0 Å². The highest BCUT2D eigenvalue weighted by molar-refractivity contribution is 5.72. The third-order valence-electron chi connectivity index (χ3n) is 3.40. The maximum atomic E-state index is 13.6. The Morgan fingerprint density at radius 3 is 2.48 bits per heavy atom. The molecule has 1 aromatic carbocycles. The number of nitrogens with zero attached hydrogens (tertiary/aromatic N) is 2. The standard InChI is InChI=1S/C12H14F2N4O3/c13-8-5-9(14)11(18(20)21)6-10(8)16-7-1-3-17(4-2-7)12(15)19/h5-7,16H,1-4H2,(H2,15,19). The number of piperidine rings is 1. The highest BCUT2D eigenvalue weighted by atomic mass is 19.1. The van der Waals surface area contributed by atoms with Crippen molar-refractivity contribution in [2.45, 2.75) is 18.9 Å². The lowest BCUT2D eigenvalue weighted by molar-refractivity contribution is -0.387. The first-order chi connectivity index (χ1) is 9.88. The molecule has 0 spiro atoms. The number of benzene rings is 1. The normalized spacial score (nSPS) is 15.8. The first kappa shape index (κ1) is 14.9. The molecule has 1 heterocycles. The Hall–Kier alpha value is -2.45. The van der Waals surface area contributed by atoms with Crippen LogP contribution in [0.3, 0.4) is 0 Å². The Morgan fingerprint density at radius 2 is 1.95 bits per heavy atom. The molecule has 0 aliphatic carbocycles. The molecule has 1 aliphatic rings. The van der Waals surface area contributed by atoms with Gasteiger partial charge < -0.3 is 16.0 Å². The number of amides is 2. The summed E-state index contributed by atoms with van der Waals surface area (Å²) in [6.45, 7) is 0.829. The zero-order valence-electron chi connectivity index (χ0n) is 11.0. The fraction of sp³-hybridized carbons (Fsp3) is 0.417. The summed E-state index contributed by atoms with van der Waals surface area (Å²) in [6, 6.07) is 0.640. The van der Waals surface area contributed by atoms with Crippen molar-refractivity contribution in [1.82, 2.24) is 4.90 Å². The molecule has 0 aromatic heterocycles. The first-order valence-electron chi connectivity index (χ1n) is 6.33. The van der Waals surface area contributed by atoms with Crippen molar-refractivity contribution >= 4 is 17.4 Å². The number of carbonyl (C=O) groups excluding carboxylic acids is 1. The smallest absolute Gasteiger partial charge is 0.314 e. The number of hydrogen-bond acceptors (Lipinski definition) is 4. The van der Waals surface area contributed by atoms with E-state index in [0.29, 0.717) is 32.0 Å². The van der Waals surface area contributed by atoms with Gasteiger partial charge in [0.25, 0.3) is 0 Å². The van der Waals surface area contributed by atoms with E-state index in [1.807, 2.05) is 0 Å². The fourth-order valence-electron chi connectivity index (χ4n) is 2.25. The summed E-state index contributed by atoms with van der Waals surface area (Å²) in [5.41, 5.74) is 4.24. The zero-order chi connectivity index (χ0) is 15.6. The first-order valence-corrected chi connectivity index (χ1v) is 6.33. The summed E-state index contributed by atoms with van der Waals surface area (Å²) < 4.78 is 26.9. The molecule has 114 valence electrons. The summed E-state index contributed by atoms with van der Waals surface area (Å²) in [5.74, 6) is -2.11. The van der Waals surface area contributed by atoms with Crippen LogP contribution in [0.4, 0.5) is 25.0 Å². The van der Waals surface area contributed by atoms with Gasteiger partial charge in [-0.15, -0.1) is 0 Å². The topological polar surface area (TPSA) is 102 Å². The number of anilines is 1. The molecule has 9 heteroatoms. The fourth-order valence-corrected chi connectivity index (χ4v) is 2.25. The van der Waals surface area contributed by atoms with Gasteiger partial charge in [-0.25, -0.2) is 9.18 Å². The molecule has 0 unspecified atom stereocenters. The van der Waals surface area contributed by atoms with Crippen LogP contribution in [0, 0.1) is 21.7 Å². The second kappa shape index (κ2) is 5.90. The number of hydrogen-bond donors (Lipinski definition) is 2. The molecule has 2 amide bonds. The summed E-state index contributed by atoms with van der Waals surface area (Å²) in [4.78, 5) is 22.2. The number of primary amides is 1. The molecule has 1 fully saturated rings. The van der Waals surface area contributed by atoms with Crippen molar-refractivity contribution in [2.24, 2.45) is 5.73 Å². The molecule has 1 aromatic rings. The number of rotatable bonds is 3. The van der Waals surface area contributed by atoms with Gasteiger partial charge in [0.05, 0.1) is 10.6 Å². The van der Waals surface area contributed by atoms with Gasteiger partial charge in [0.2, 0.25) is 5.82 Å². The van der Waals surface area contributed by atoms with Crippen LogP contribution < -0.4 is 11.1 Å². The lowest BCUT2D eigenvalue weighted by Crippen LogP contribution is -2.44. The van der Waals surface area contributed by atoms with Crippen LogP contribution >= 0.6 is 0 Å². The Bertz CT molecular complexity index is 574. The predicted molar refractivity (Wildman–Crippen MR) is 70.8 cm³/mol. The number of nitro groups is 1. The predicted octanol–water partition coefficient (Wildman–Crippen LogP) is 1.83. The number of nitro benzene ring substituents is 1. The molecule has 7 nitrogen and oxygen atoms in total. The van der Waals surface area contributed by atoms with Crippen molar-refractivity contribution in [3.8, 4) is 0 Å². The molecule has 1 saturated heterocycles. The highest BCUT2D eigenvalue weighted by Crippen LogP contribution is 2.27. The number of carbonyl (C=O) groups is 1. The third-order valence-corrected chi connectivity index (χ3v) is 3.40. The van der Waals surface area contributed by atoms with Gasteiger partial charge in [0.1, 0.15) is 5.82 Å². The maximum absolute atomic E-state index is 13.6. The molecule has 0 atom stereocenters. The number of urea groups is 1. The van der Waals surface area contributed by atoms with Crippen LogP contribution in [0.2, 0.25) is 0 Å². The molecule has 0 saturated carbocycles. The van der Waals surface area contributed by atoms with Gasteiger partial charge in [0, 0.05) is 31.3 Å². The van der Waals surface area contributed by atoms with E-state index >= 15 is 0 Å². The van der Waals surface area contributed by atoms with E-state index in [1.165, 1.54) is 4.90 Å². The van der Waals surface area contributed by atoms with E-state index in [1.54, 1.807) is 0 Å². The molecule has 0 radical (unpaired) electrons. The van der Waals surface area contributed by atoms with Crippen molar-refractivity contribution < 1.29 is 18.5 Å². The minimum atomic E-state index is -1.22. The number of halogens is 2. The number of likely N-dealkylation sites (tertiary alicyclic amines) is 1. The average molecular weight is 300 g/mol. The van der Waals surface area contributed by atoms with Gasteiger partial charge >= 0.3 is 11.7 Å². The van der Waals surface area contributed by atoms with Crippen LogP contribution in [0.1, 0.15) is 12.8 Å². The van der Waals surface area contributed by atoms with E-state index in [-0.39, 0.29) is 11.7 Å². The van der Waals surface area contributed by atoms with Gasteiger partial charge in [-0.05, 0) is 12.8 Å². The average Bonchev–Trinajstić information content (AvgIpc) is 2.42.